The molecule has 2 aromatic rings. The van der Waals surface area contributed by atoms with Gasteiger partial charge < -0.3 is 0 Å². The van der Waals surface area contributed by atoms with Gasteiger partial charge in [-0.05, 0) is 50.7 Å². The number of nitrogens with one attached hydrogen (secondary N) is 1. The Balaban J connectivity index is 1.58. The van der Waals surface area contributed by atoms with E-state index in [2.05, 4.69) is 15.8 Å². The lowest BCUT2D eigenvalue weighted by Gasteiger charge is -2.23. The molecule has 3 rings (SSSR count). The summed E-state index contributed by atoms with van der Waals surface area (Å²) >= 11 is 1.62. The molecule has 0 radical (unpaired) electrons. The predicted molar refractivity (Wildman–Crippen MR) is 96.1 cm³/mol. The molecular weight excluding hydrogens is 330 g/mol. The third kappa shape index (κ3) is 4.37. The van der Waals surface area contributed by atoms with Gasteiger partial charge in [-0.25, -0.2) is 23.1 Å². The molecule has 1 fully saturated rings. The monoisotopic (exact) mass is 351 g/mol. The van der Waals surface area contributed by atoms with Crippen LogP contribution in [0.25, 0.3) is 10.2 Å². The highest BCUT2D eigenvalue weighted by atomic mass is 32.2. The smallest absolute Gasteiger partial charge is 0.211 e. The largest absolute Gasteiger partial charge is 0.229 e. The third-order valence-corrected chi connectivity index (χ3v) is 6.49. The van der Waals surface area contributed by atoms with Gasteiger partial charge in [-0.15, -0.1) is 0 Å². The summed E-state index contributed by atoms with van der Waals surface area (Å²) < 4.78 is 26.8. The molecule has 1 heterocycles. The molecule has 5 nitrogen and oxygen atoms in total. The SMILES string of the molecule is CCS(=O)(=O)NCC1CCC(=Nc2nc3ccccc3s2)CC1. The molecular formula is C16H21N3O2S2. The highest BCUT2D eigenvalue weighted by Gasteiger charge is 2.19. The summed E-state index contributed by atoms with van der Waals surface area (Å²) in [7, 11) is -3.08. The molecule has 0 bridgehead atoms. The molecule has 124 valence electrons. The Kier molecular flexibility index (Phi) is 5.08. The minimum Gasteiger partial charge on any atom is -0.229 e. The lowest BCUT2D eigenvalue weighted by atomic mass is 9.88. The summed E-state index contributed by atoms with van der Waals surface area (Å²) in [5.41, 5.74) is 2.18. The molecule has 0 spiro atoms. The van der Waals surface area contributed by atoms with Crippen LogP contribution in [0.1, 0.15) is 32.6 Å². The Hall–Kier alpha value is -1.31. The van der Waals surface area contributed by atoms with Gasteiger partial charge in [-0.1, -0.05) is 23.5 Å². The van der Waals surface area contributed by atoms with Gasteiger partial charge in [0.2, 0.25) is 15.2 Å². The van der Waals surface area contributed by atoms with E-state index in [1.807, 2.05) is 18.2 Å². The van der Waals surface area contributed by atoms with E-state index < -0.39 is 10.0 Å². The first kappa shape index (κ1) is 16.5. The van der Waals surface area contributed by atoms with Crippen LogP contribution in [0.15, 0.2) is 29.3 Å². The summed E-state index contributed by atoms with van der Waals surface area (Å²) in [6, 6.07) is 8.07. The van der Waals surface area contributed by atoms with Crippen molar-refractivity contribution in [3.05, 3.63) is 24.3 Å². The molecule has 1 aromatic carbocycles. The van der Waals surface area contributed by atoms with Gasteiger partial charge >= 0.3 is 0 Å². The molecule has 1 N–H and O–H groups in total. The molecule has 0 aliphatic heterocycles. The van der Waals surface area contributed by atoms with Crippen molar-refractivity contribution in [3.63, 3.8) is 0 Å². The fourth-order valence-electron chi connectivity index (χ4n) is 2.72. The Morgan fingerprint density at radius 2 is 2.04 bits per heavy atom. The number of nitrogens with zero attached hydrogens (tertiary/aromatic N) is 2. The standard InChI is InChI=1S/C16H21N3O2S2/c1-2-23(20,21)17-11-12-7-9-13(10-8-12)18-16-19-14-5-3-4-6-15(14)22-16/h3-6,12,17H,2,7-11H2,1H3. The molecule has 1 aliphatic carbocycles. The van der Waals surface area contributed by atoms with Crippen molar-refractivity contribution < 1.29 is 8.42 Å². The van der Waals surface area contributed by atoms with Crippen LogP contribution >= 0.6 is 11.3 Å². The molecule has 7 heteroatoms. The Morgan fingerprint density at radius 1 is 1.30 bits per heavy atom. The Bertz CT molecular complexity index is 769. The second kappa shape index (κ2) is 7.07. The zero-order valence-corrected chi connectivity index (χ0v) is 14.8. The fraction of sp³-hybridized carbons (Fsp3) is 0.500. The maximum Gasteiger partial charge on any atom is 0.211 e. The molecule has 1 aliphatic rings. The van der Waals surface area contributed by atoms with Crippen LogP contribution in [0.4, 0.5) is 5.13 Å². The van der Waals surface area contributed by atoms with E-state index in [0.717, 1.165) is 41.0 Å². The summed E-state index contributed by atoms with van der Waals surface area (Å²) in [4.78, 5) is 9.25. The maximum absolute atomic E-state index is 11.5. The topological polar surface area (TPSA) is 71.4 Å². The van der Waals surface area contributed by atoms with Crippen LogP contribution in [0.2, 0.25) is 0 Å². The van der Waals surface area contributed by atoms with E-state index in [9.17, 15) is 8.42 Å². The van der Waals surface area contributed by atoms with E-state index in [1.165, 1.54) is 5.71 Å². The van der Waals surface area contributed by atoms with Gasteiger partial charge in [0.1, 0.15) is 0 Å². The summed E-state index contributed by atoms with van der Waals surface area (Å²) in [5, 5.41) is 0.825. The molecule has 0 unspecified atom stereocenters. The quantitative estimate of drug-likeness (QED) is 0.896. The second-order valence-electron chi connectivity index (χ2n) is 5.84. The average Bonchev–Trinajstić information content (AvgIpc) is 2.96. The van der Waals surface area contributed by atoms with Crippen LogP contribution in [-0.2, 0) is 10.0 Å². The molecule has 1 saturated carbocycles. The normalized spacial score (nSPS) is 19.2. The van der Waals surface area contributed by atoms with E-state index >= 15 is 0 Å². The minimum atomic E-state index is -3.08. The van der Waals surface area contributed by atoms with Crippen LogP contribution < -0.4 is 4.72 Å². The van der Waals surface area contributed by atoms with Crippen molar-refractivity contribution in [3.8, 4) is 0 Å². The molecule has 0 saturated heterocycles. The first-order valence-electron chi connectivity index (χ1n) is 7.95. The number of thiazole rings is 1. The van der Waals surface area contributed by atoms with Gasteiger partial charge in [0.05, 0.1) is 16.0 Å². The number of para-hydroxylation sites is 1. The summed E-state index contributed by atoms with van der Waals surface area (Å²) in [6.45, 7) is 2.20. The second-order valence-corrected chi connectivity index (χ2v) is 8.94. The number of fused-ring (bicyclic) bond motifs is 1. The molecule has 0 amide bonds. The van der Waals surface area contributed by atoms with Gasteiger partial charge in [0, 0.05) is 12.3 Å². The lowest BCUT2D eigenvalue weighted by Crippen LogP contribution is -2.32. The van der Waals surface area contributed by atoms with Gasteiger partial charge in [-0.3, -0.25) is 0 Å². The van der Waals surface area contributed by atoms with E-state index in [-0.39, 0.29) is 5.75 Å². The van der Waals surface area contributed by atoms with E-state index in [0.29, 0.717) is 12.5 Å². The maximum atomic E-state index is 11.5. The molecule has 23 heavy (non-hydrogen) atoms. The first-order chi connectivity index (χ1) is 11.1. The average molecular weight is 351 g/mol. The summed E-state index contributed by atoms with van der Waals surface area (Å²) in [5.74, 6) is 0.551. The lowest BCUT2D eigenvalue weighted by molar-refractivity contribution is 0.435. The third-order valence-electron chi connectivity index (χ3n) is 4.19. The van der Waals surface area contributed by atoms with E-state index in [4.69, 9.17) is 4.99 Å². The van der Waals surface area contributed by atoms with Crippen molar-refractivity contribution in [1.29, 1.82) is 0 Å². The van der Waals surface area contributed by atoms with Crippen molar-refractivity contribution in [2.24, 2.45) is 10.9 Å². The van der Waals surface area contributed by atoms with Crippen LogP contribution in [0, 0.1) is 5.92 Å². The van der Waals surface area contributed by atoms with E-state index in [1.54, 1.807) is 18.3 Å². The van der Waals surface area contributed by atoms with Crippen LogP contribution in [-0.4, -0.2) is 31.4 Å². The summed E-state index contributed by atoms with van der Waals surface area (Å²) in [6.07, 6.45) is 3.81. The predicted octanol–water partition coefficient (Wildman–Crippen LogP) is 3.50. The number of aromatic nitrogens is 1. The Labute approximate surface area is 140 Å². The number of aliphatic imine (C=N–C) groups is 1. The van der Waals surface area contributed by atoms with Crippen molar-refractivity contribution in [2.45, 2.75) is 32.6 Å². The number of sulfonamides is 1. The molecule has 0 atom stereocenters. The highest BCUT2D eigenvalue weighted by Crippen LogP contribution is 2.30. The zero-order chi connectivity index (χ0) is 16.3. The van der Waals surface area contributed by atoms with Gasteiger partial charge in [0.15, 0.2) is 0 Å². The molecule has 1 aromatic heterocycles. The van der Waals surface area contributed by atoms with Crippen molar-refractivity contribution >= 4 is 42.4 Å². The Morgan fingerprint density at radius 3 is 2.74 bits per heavy atom. The number of hydrogen-bond acceptors (Lipinski definition) is 5. The van der Waals surface area contributed by atoms with Gasteiger partial charge in [-0.2, -0.15) is 0 Å². The van der Waals surface area contributed by atoms with Crippen LogP contribution in [0.3, 0.4) is 0 Å². The highest BCUT2D eigenvalue weighted by molar-refractivity contribution is 7.89. The van der Waals surface area contributed by atoms with Crippen molar-refractivity contribution in [2.75, 3.05) is 12.3 Å². The number of rotatable bonds is 5. The van der Waals surface area contributed by atoms with Gasteiger partial charge in [0.25, 0.3) is 0 Å². The van der Waals surface area contributed by atoms with Crippen LogP contribution in [0.5, 0.6) is 0 Å². The first-order valence-corrected chi connectivity index (χ1v) is 10.4. The number of hydrogen-bond donors (Lipinski definition) is 1. The zero-order valence-electron chi connectivity index (χ0n) is 13.2. The van der Waals surface area contributed by atoms with Crippen molar-refractivity contribution in [1.82, 2.24) is 9.71 Å². The fourth-order valence-corrected chi connectivity index (χ4v) is 4.29. The number of benzene rings is 1. The minimum absolute atomic E-state index is 0.143.